The number of anilines is 4. The van der Waals surface area contributed by atoms with Crippen molar-refractivity contribution < 1.29 is 76.9 Å². The number of nitrogens with zero attached hydrogens (tertiary/aromatic N) is 9. The lowest BCUT2D eigenvalue weighted by Gasteiger charge is -2.41. The molecule has 2 N–H and O–H groups in total. The van der Waals surface area contributed by atoms with Gasteiger partial charge in [-0.3, -0.25) is 4.79 Å². The van der Waals surface area contributed by atoms with Gasteiger partial charge in [-0.1, -0.05) is 22.7 Å². The van der Waals surface area contributed by atoms with Gasteiger partial charge in [-0.25, -0.2) is 14.8 Å². The molecule has 4 aliphatic rings. The number of carbonyl (C=O) groups is 2. The number of carboxylic acid groups (broad SMARTS) is 1. The third-order valence-electron chi connectivity index (χ3n) is 12.9. The number of aliphatic carboxylic acids is 1. The molecule has 0 aliphatic carbocycles. The van der Waals surface area contributed by atoms with Crippen molar-refractivity contribution in [1.29, 1.82) is 10.5 Å². The molecule has 10 rings (SSSR count). The van der Waals surface area contributed by atoms with E-state index >= 15 is 0 Å². The van der Waals surface area contributed by atoms with Gasteiger partial charge in [0.15, 0.2) is 10.3 Å². The van der Waals surface area contributed by atoms with Crippen molar-refractivity contribution in [2.45, 2.75) is 36.9 Å². The van der Waals surface area contributed by atoms with Crippen molar-refractivity contribution in [3.8, 4) is 12.1 Å². The molecule has 4 saturated heterocycles. The van der Waals surface area contributed by atoms with E-state index in [-0.39, 0.29) is 30.2 Å². The van der Waals surface area contributed by atoms with Gasteiger partial charge in [0.05, 0.1) is 78.2 Å². The number of thiazole rings is 2. The summed E-state index contributed by atoms with van der Waals surface area (Å²) in [7, 11) is 0. The molecule has 420 valence electrons. The summed E-state index contributed by atoms with van der Waals surface area (Å²) >= 11 is 2.74. The number of benzene rings is 4. The van der Waals surface area contributed by atoms with E-state index in [1.165, 1.54) is 53.0 Å². The molecule has 0 spiro atoms. The number of hydrogen-bond acceptors (Lipinski definition) is 15. The zero-order chi connectivity index (χ0) is 57.0. The number of carbonyl (C=O) groups excluding carboxylic acids is 1. The van der Waals surface area contributed by atoms with E-state index in [2.05, 4.69) is 20.2 Å². The second kappa shape index (κ2) is 23.7. The van der Waals surface area contributed by atoms with Gasteiger partial charge in [0, 0.05) is 89.9 Å². The summed E-state index contributed by atoms with van der Waals surface area (Å²) in [6, 6.07) is 17.3. The van der Waals surface area contributed by atoms with Gasteiger partial charge in [0.1, 0.15) is 13.2 Å². The topological polar surface area (TPSA) is 174 Å². The summed E-state index contributed by atoms with van der Waals surface area (Å²) < 4.78 is 167. The van der Waals surface area contributed by atoms with Crippen molar-refractivity contribution in [1.82, 2.24) is 20.2 Å². The van der Waals surface area contributed by atoms with E-state index in [0.717, 1.165) is 84.5 Å². The summed E-state index contributed by atoms with van der Waals surface area (Å²) in [6.07, 6.45) is -18.6. The molecular weight excluding hydrogens is 1110 g/mol. The summed E-state index contributed by atoms with van der Waals surface area (Å²) in [5.41, 5.74) is -2.86. The SMILES string of the molecule is FC(F)(F)c1ccc2sc(N3CCNCC3)nc2c1.N#Cc1ccc(N2CC(OCC(=O)N3CCN(c4nc5cc(C(F)(F)F)ccc5s4)CC3)C2)cc1C(F)(F)F.N#Cc1ccc(N2CC(OCC(=O)O)C2)cc1C(F)(F)F. The molecular formula is C50H44F12N10O5S2. The standard InChI is InChI=1S/C25H21F6N5O2S.C13H11F3N2O3.C12H12F3N3S/c26-24(27,28)16-2-4-21-20(9-16)33-23(39-21)35-7-5-34(6-8-35)22(37)14-38-18-12-36(13-18)17-3-1-15(11-32)19(10-17)25(29,30)31;14-13(15,16)11-3-9(2-1-8(11)4-17)18-5-10(6-18)21-7-12(19)20;13-12(14,15)8-1-2-10-9(7-8)17-11(19-10)18-5-3-16-4-6-18/h1-4,9-10,18H,5-8,12-14H2;1-3,10H,5-7H2,(H,19,20);1-2,7,16H,3-6H2. The molecule has 0 unspecified atom stereocenters. The monoisotopic (exact) mass is 1160 g/mol. The first-order chi connectivity index (χ1) is 37.3. The average Bonchev–Trinajstić information content (AvgIpc) is 4.07. The Bertz CT molecular complexity index is 3240. The Hall–Kier alpha value is -7.18. The fourth-order valence-electron chi connectivity index (χ4n) is 8.56. The minimum absolute atomic E-state index is 0.166. The lowest BCUT2D eigenvalue weighted by atomic mass is 10.0. The molecule has 4 aliphatic heterocycles. The minimum atomic E-state index is -4.64. The largest absolute Gasteiger partial charge is 0.480 e. The van der Waals surface area contributed by atoms with Gasteiger partial charge in [-0.05, 0) is 72.8 Å². The Morgan fingerprint density at radius 1 is 0.570 bits per heavy atom. The molecule has 0 radical (unpaired) electrons. The second-order valence-corrected chi connectivity index (χ2v) is 20.2. The van der Waals surface area contributed by atoms with Crippen LogP contribution in [-0.4, -0.2) is 136 Å². The number of rotatable bonds is 10. The molecule has 6 heterocycles. The molecule has 0 bridgehead atoms. The van der Waals surface area contributed by atoms with Crippen molar-refractivity contribution in [3.05, 3.63) is 106 Å². The number of nitrogens with one attached hydrogen (secondary N) is 1. The Morgan fingerprint density at radius 2 is 0.987 bits per heavy atom. The molecule has 4 fully saturated rings. The first-order valence-corrected chi connectivity index (χ1v) is 25.5. The normalized spacial score (nSPS) is 16.6. The first kappa shape index (κ1) is 58.0. The van der Waals surface area contributed by atoms with Gasteiger partial charge < -0.3 is 44.4 Å². The molecule has 0 saturated carbocycles. The van der Waals surface area contributed by atoms with Crippen molar-refractivity contribution >= 4 is 76.6 Å². The zero-order valence-corrected chi connectivity index (χ0v) is 42.6. The lowest BCUT2D eigenvalue weighted by molar-refractivity contribution is -0.145. The molecule has 29 heteroatoms. The Balaban J connectivity index is 0.000000172. The van der Waals surface area contributed by atoms with E-state index < -0.39 is 70.7 Å². The fourth-order valence-corrected chi connectivity index (χ4v) is 10.6. The summed E-state index contributed by atoms with van der Waals surface area (Å²) in [5, 5.41) is 30.7. The van der Waals surface area contributed by atoms with E-state index in [1.54, 1.807) is 20.8 Å². The number of hydrogen-bond donors (Lipinski definition) is 2. The van der Waals surface area contributed by atoms with Crippen molar-refractivity contribution in [2.75, 3.05) is 111 Å². The van der Waals surface area contributed by atoms with Crippen molar-refractivity contribution in [2.24, 2.45) is 0 Å². The van der Waals surface area contributed by atoms with Crippen LogP contribution in [0.4, 0.5) is 74.3 Å². The van der Waals surface area contributed by atoms with Crippen LogP contribution in [0.1, 0.15) is 33.4 Å². The number of ether oxygens (including phenoxy) is 2. The highest BCUT2D eigenvalue weighted by Gasteiger charge is 2.38. The molecule has 1 amide bonds. The average molecular weight is 1160 g/mol. The zero-order valence-electron chi connectivity index (χ0n) is 40.9. The summed E-state index contributed by atoms with van der Waals surface area (Å²) in [4.78, 5) is 40.6. The smallest absolute Gasteiger partial charge is 0.417 e. The van der Waals surface area contributed by atoms with Gasteiger partial charge in [-0.2, -0.15) is 63.2 Å². The molecule has 6 aromatic rings. The number of piperazine rings is 2. The number of halogens is 12. The maximum atomic E-state index is 13.2. The van der Waals surface area contributed by atoms with E-state index in [4.69, 9.17) is 25.1 Å². The Kier molecular flexibility index (Phi) is 17.4. The van der Waals surface area contributed by atoms with Crippen LogP contribution < -0.4 is 24.9 Å². The van der Waals surface area contributed by atoms with Crippen LogP contribution in [0.25, 0.3) is 20.4 Å². The van der Waals surface area contributed by atoms with Gasteiger partial charge in [-0.15, -0.1) is 0 Å². The van der Waals surface area contributed by atoms with Crippen LogP contribution in [-0.2, 0) is 43.8 Å². The maximum Gasteiger partial charge on any atom is 0.417 e. The second-order valence-electron chi connectivity index (χ2n) is 18.2. The van der Waals surface area contributed by atoms with Crippen LogP contribution in [0.5, 0.6) is 0 Å². The maximum absolute atomic E-state index is 13.2. The highest BCUT2D eigenvalue weighted by molar-refractivity contribution is 7.22. The first-order valence-electron chi connectivity index (χ1n) is 23.9. The highest BCUT2D eigenvalue weighted by atomic mass is 32.1. The molecule has 4 aromatic carbocycles. The predicted octanol–water partition coefficient (Wildman–Crippen LogP) is 9.35. The number of amides is 1. The fraction of sp³-hybridized carbons (Fsp3) is 0.400. The van der Waals surface area contributed by atoms with Crippen molar-refractivity contribution in [3.63, 3.8) is 0 Å². The molecule has 15 nitrogen and oxygen atoms in total. The van der Waals surface area contributed by atoms with Gasteiger partial charge >= 0.3 is 30.7 Å². The molecule has 79 heavy (non-hydrogen) atoms. The van der Waals surface area contributed by atoms with E-state index in [0.29, 0.717) is 79.1 Å². The Labute approximate surface area is 449 Å². The van der Waals surface area contributed by atoms with Gasteiger partial charge in [0.2, 0.25) is 5.91 Å². The van der Waals surface area contributed by atoms with Gasteiger partial charge in [0.25, 0.3) is 0 Å². The van der Waals surface area contributed by atoms with Crippen LogP contribution in [0.2, 0.25) is 0 Å². The number of fused-ring (bicyclic) bond motifs is 2. The number of aromatic nitrogens is 2. The summed E-state index contributed by atoms with van der Waals surface area (Å²) in [5.74, 6) is -1.31. The van der Waals surface area contributed by atoms with Crippen LogP contribution in [0, 0.1) is 22.7 Å². The lowest BCUT2D eigenvalue weighted by Crippen LogP contribution is -2.54. The minimum Gasteiger partial charge on any atom is -0.480 e. The van der Waals surface area contributed by atoms with E-state index in [9.17, 15) is 62.3 Å². The third kappa shape index (κ3) is 14.4. The quantitative estimate of drug-likeness (QED) is 0.124. The number of nitriles is 2. The third-order valence-corrected chi connectivity index (χ3v) is 15.1. The number of carboxylic acids is 1. The number of alkyl halides is 12. The molecule has 2 aromatic heterocycles. The predicted molar refractivity (Wildman–Crippen MR) is 267 cm³/mol. The van der Waals surface area contributed by atoms with Crippen LogP contribution in [0.15, 0.2) is 72.8 Å². The summed E-state index contributed by atoms with van der Waals surface area (Å²) in [6.45, 7) is 5.83. The van der Waals surface area contributed by atoms with E-state index in [1.807, 2.05) is 4.90 Å². The Morgan fingerprint density at radius 3 is 1.38 bits per heavy atom. The van der Waals surface area contributed by atoms with Crippen LogP contribution in [0.3, 0.4) is 0 Å². The van der Waals surface area contributed by atoms with Crippen LogP contribution >= 0.6 is 22.7 Å². The molecule has 0 atom stereocenters. The highest BCUT2D eigenvalue weighted by Crippen LogP contribution is 2.39.